The molecule has 0 bridgehead atoms. The Bertz CT molecular complexity index is 773. The number of anilines is 1. The first kappa shape index (κ1) is 16.7. The van der Waals surface area contributed by atoms with Crippen LogP contribution in [0.15, 0.2) is 57.9 Å². The van der Waals surface area contributed by atoms with Crippen molar-refractivity contribution in [3.8, 4) is 0 Å². The smallest absolute Gasteiger partial charge is 0.225 e. The molecular weight excluding hydrogens is 366 g/mol. The van der Waals surface area contributed by atoms with Gasteiger partial charge in [0.1, 0.15) is 0 Å². The zero-order valence-corrected chi connectivity index (χ0v) is 14.4. The molecule has 0 saturated heterocycles. The number of carbonyl (C=O) groups excluding carboxylic acids is 1. The molecule has 2 aromatic carbocycles. The predicted octanol–water partition coefficient (Wildman–Crippen LogP) is 3.56. The van der Waals surface area contributed by atoms with Gasteiger partial charge in [0.25, 0.3) is 0 Å². The molecule has 0 aliphatic rings. The summed E-state index contributed by atoms with van der Waals surface area (Å²) in [6, 6.07) is 13.6. The average Bonchev–Trinajstić information content (AvgIpc) is 2.50. The van der Waals surface area contributed by atoms with Crippen LogP contribution in [0.1, 0.15) is 12.0 Å². The molecule has 0 heterocycles. The Labute approximate surface area is 138 Å². The first-order valence-corrected chi connectivity index (χ1v) is 9.17. The fraction of sp³-hybridized carbons (Fsp3) is 0.188. The summed E-state index contributed by atoms with van der Waals surface area (Å²) in [5.74, 6) is -0.528. The number of sulfone groups is 1. The minimum atomic E-state index is -3.43. The lowest BCUT2D eigenvalue weighted by Crippen LogP contribution is -2.17. The van der Waals surface area contributed by atoms with Crippen LogP contribution >= 0.6 is 15.9 Å². The van der Waals surface area contributed by atoms with E-state index in [1.165, 1.54) is 12.1 Å². The van der Waals surface area contributed by atoms with Gasteiger partial charge in [0, 0.05) is 16.6 Å². The number of nitrogens with one attached hydrogen (secondary N) is 1. The van der Waals surface area contributed by atoms with Gasteiger partial charge in [-0.15, -0.1) is 0 Å². The molecule has 0 saturated carbocycles. The van der Waals surface area contributed by atoms with Crippen molar-refractivity contribution < 1.29 is 13.2 Å². The van der Waals surface area contributed by atoms with E-state index in [-0.39, 0.29) is 23.0 Å². The van der Waals surface area contributed by atoms with Crippen molar-refractivity contribution in [2.45, 2.75) is 18.2 Å². The lowest BCUT2D eigenvalue weighted by molar-refractivity contribution is -0.115. The van der Waals surface area contributed by atoms with E-state index in [0.29, 0.717) is 5.69 Å². The van der Waals surface area contributed by atoms with Crippen LogP contribution < -0.4 is 5.32 Å². The Balaban J connectivity index is 1.97. The molecule has 116 valence electrons. The molecule has 1 amide bonds. The van der Waals surface area contributed by atoms with E-state index in [0.717, 1.165) is 10.0 Å². The van der Waals surface area contributed by atoms with E-state index < -0.39 is 9.84 Å². The van der Waals surface area contributed by atoms with Gasteiger partial charge in [-0.05, 0) is 42.8 Å². The summed E-state index contributed by atoms with van der Waals surface area (Å²) < 4.78 is 25.2. The van der Waals surface area contributed by atoms with Crippen LogP contribution in [0.25, 0.3) is 0 Å². The third kappa shape index (κ3) is 4.42. The van der Waals surface area contributed by atoms with Crippen molar-refractivity contribution in [2.24, 2.45) is 0 Å². The number of hydrogen-bond acceptors (Lipinski definition) is 3. The van der Waals surface area contributed by atoms with Crippen molar-refractivity contribution in [1.29, 1.82) is 0 Å². The first-order chi connectivity index (χ1) is 10.4. The number of halogens is 1. The van der Waals surface area contributed by atoms with E-state index in [2.05, 4.69) is 21.2 Å². The van der Waals surface area contributed by atoms with E-state index >= 15 is 0 Å². The molecule has 0 spiro atoms. The molecule has 4 nitrogen and oxygen atoms in total. The molecule has 0 atom stereocenters. The third-order valence-electron chi connectivity index (χ3n) is 3.14. The highest BCUT2D eigenvalue weighted by molar-refractivity contribution is 9.10. The first-order valence-electron chi connectivity index (χ1n) is 6.72. The minimum absolute atomic E-state index is 0.0770. The number of aryl methyl sites for hydroxylation is 1. The Hall–Kier alpha value is -1.66. The van der Waals surface area contributed by atoms with E-state index in [4.69, 9.17) is 0 Å². The lowest BCUT2D eigenvalue weighted by atomic mass is 10.2. The van der Waals surface area contributed by atoms with Gasteiger partial charge in [-0.3, -0.25) is 4.79 Å². The maximum absolute atomic E-state index is 12.1. The molecule has 6 heteroatoms. The van der Waals surface area contributed by atoms with Crippen molar-refractivity contribution in [2.75, 3.05) is 11.1 Å². The van der Waals surface area contributed by atoms with Gasteiger partial charge in [0.05, 0.1) is 10.6 Å². The Morgan fingerprint density at radius 2 is 1.82 bits per heavy atom. The molecule has 2 rings (SSSR count). The Kier molecular flexibility index (Phi) is 5.37. The van der Waals surface area contributed by atoms with Crippen molar-refractivity contribution >= 4 is 37.4 Å². The van der Waals surface area contributed by atoms with Crippen LogP contribution in [-0.2, 0) is 14.6 Å². The minimum Gasteiger partial charge on any atom is -0.326 e. The largest absolute Gasteiger partial charge is 0.326 e. The van der Waals surface area contributed by atoms with Gasteiger partial charge in [0.15, 0.2) is 9.84 Å². The normalized spacial score (nSPS) is 11.2. The number of carbonyl (C=O) groups is 1. The molecule has 0 aliphatic carbocycles. The summed E-state index contributed by atoms with van der Waals surface area (Å²) in [6.45, 7) is 1.92. The van der Waals surface area contributed by atoms with Crippen molar-refractivity contribution in [1.82, 2.24) is 0 Å². The molecule has 2 aromatic rings. The fourth-order valence-electron chi connectivity index (χ4n) is 1.92. The molecule has 0 radical (unpaired) electrons. The van der Waals surface area contributed by atoms with Gasteiger partial charge in [-0.1, -0.05) is 34.1 Å². The highest BCUT2D eigenvalue weighted by atomic mass is 79.9. The van der Waals surface area contributed by atoms with E-state index in [1.54, 1.807) is 24.3 Å². The summed E-state index contributed by atoms with van der Waals surface area (Å²) in [5, 5.41) is 2.71. The maximum Gasteiger partial charge on any atom is 0.225 e. The van der Waals surface area contributed by atoms with Crippen LogP contribution in [0.5, 0.6) is 0 Å². The second-order valence-corrected chi connectivity index (χ2v) is 7.86. The number of amides is 1. The Morgan fingerprint density at radius 3 is 2.45 bits per heavy atom. The summed E-state index contributed by atoms with van der Waals surface area (Å²) in [7, 11) is -3.43. The number of benzene rings is 2. The van der Waals surface area contributed by atoms with Crippen LogP contribution in [0, 0.1) is 6.92 Å². The molecule has 0 aromatic heterocycles. The van der Waals surface area contributed by atoms with Crippen molar-refractivity contribution in [3.63, 3.8) is 0 Å². The summed E-state index contributed by atoms with van der Waals surface area (Å²) >= 11 is 3.39. The molecule has 1 N–H and O–H groups in total. The van der Waals surface area contributed by atoms with Gasteiger partial charge in [0.2, 0.25) is 5.91 Å². The van der Waals surface area contributed by atoms with Gasteiger partial charge < -0.3 is 5.32 Å². The second kappa shape index (κ2) is 7.07. The average molecular weight is 382 g/mol. The third-order valence-corrected chi connectivity index (χ3v) is 5.76. The predicted molar refractivity (Wildman–Crippen MR) is 90.6 cm³/mol. The van der Waals surface area contributed by atoms with Gasteiger partial charge >= 0.3 is 0 Å². The monoisotopic (exact) mass is 381 g/mol. The van der Waals surface area contributed by atoms with Gasteiger partial charge in [-0.25, -0.2) is 8.42 Å². The molecule has 22 heavy (non-hydrogen) atoms. The fourth-order valence-corrected chi connectivity index (χ4v) is 3.43. The van der Waals surface area contributed by atoms with E-state index in [1.807, 2.05) is 19.1 Å². The highest BCUT2D eigenvalue weighted by Crippen LogP contribution is 2.20. The molecular formula is C16H16BrNO3S. The molecule has 0 fully saturated rings. The molecule has 0 aliphatic heterocycles. The standard InChI is InChI=1S/C16H16BrNO3S/c1-12-11-13(7-8-15(12)17)18-16(19)9-10-22(20,21)14-5-3-2-4-6-14/h2-8,11H,9-10H2,1H3,(H,18,19). The zero-order chi connectivity index (χ0) is 16.2. The number of hydrogen-bond donors (Lipinski definition) is 1. The van der Waals surface area contributed by atoms with E-state index in [9.17, 15) is 13.2 Å². The highest BCUT2D eigenvalue weighted by Gasteiger charge is 2.16. The topological polar surface area (TPSA) is 63.2 Å². The summed E-state index contributed by atoms with van der Waals surface area (Å²) in [4.78, 5) is 12.1. The van der Waals surface area contributed by atoms with Crippen LogP contribution in [-0.4, -0.2) is 20.1 Å². The lowest BCUT2D eigenvalue weighted by Gasteiger charge is -2.08. The second-order valence-electron chi connectivity index (χ2n) is 4.89. The van der Waals surface area contributed by atoms with Crippen LogP contribution in [0.2, 0.25) is 0 Å². The summed E-state index contributed by atoms with van der Waals surface area (Å²) in [5.41, 5.74) is 1.65. The van der Waals surface area contributed by atoms with Crippen LogP contribution in [0.4, 0.5) is 5.69 Å². The van der Waals surface area contributed by atoms with Crippen molar-refractivity contribution in [3.05, 3.63) is 58.6 Å². The summed E-state index contributed by atoms with van der Waals surface area (Å²) in [6.07, 6.45) is -0.0770. The zero-order valence-electron chi connectivity index (χ0n) is 12.0. The SMILES string of the molecule is Cc1cc(NC(=O)CCS(=O)(=O)c2ccccc2)ccc1Br. The molecule has 0 unspecified atom stereocenters. The van der Waals surface area contributed by atoms with Crippen LogP contribution in [0.3, 0.4) is 0 Å². The Morgan fingerprint density at radius 1 is 1.14 bits per heavy atom. The quantitative estimate of drug-likeness (QED) is 0.860. The maximum atomic E-state index is 12.1. The number of rotatable bonds is 5. The van der Waals surface area contributed by atoms with Gasteiger partial charge in [-0.2, -0.15) is 0 Å².